The van der Waals surface area contributed by atoms with Crippen molar-refractivity contribution in [3.05, 3.63) is 42.4 Å². The first kappa shape index (κ1) is 22.0. The third-order valence-electron chi connectivity index (χ3n) is 4.76. The van der Waals surface area contributed by atoms with Crippen molar-refractivity contribution < 1.29 is 36.6 Å². The molecule has 164 valence electrons. The lowest BCUT2D eigenvalue weighted by Gasteiger charge is -2.23. The second-order valence-electron chi connectivity index (χ2n) is 7.11. The van der Waals surface area contributed by atoms with Gasteiger partial charge in [0.1, 0.15) is 5.76 Å². The van der Waals surface area contributed by atoms with Gasteiger partial charge in [0, 0.05) is 19.5 Å². The van der Waals surface area contributed by atoms with Gasteiger partial charge in [0.2, 0.25) is 5.95 Å². The van der Waals surface area contributed by atoms with E-state index >= 15 is 0 Å². The van der Waals surface area contributed by atoms with E-state index in [1.165, 1.54) is 12.4 Å². The van der Waals surface area contributed by atoms with Crippen LogP contribution >= 0.6 is 0 Å². The standard InChI is InChI=1S/C16H19FN4O2.C2HF3O2/c17-12-7-18-15(19-8-12)20-13-6-16(23-10-13)3-4-21(11-16)9-14-2-1-5-22-14;3-2(4,5)1(6)7/h1-2,5,7-8,13H,3-4,6,9-11H2,(H,18,19,20);(H,6,7). The monoisotopic (exact) mass is 432 g/mol. The zero-order chi connectivity index (χ0) is 21.8. The van der Waals surface area contributed by atoms with Gasteiger partial charge in [0.05, 0.1) is 43.5 Å². The number of hydrogen-bond donors (Lipinski definition) is 2. The molecule has 12 heteroatoms. The lowest BCUT2D eigenvalue weighted by molar-refractivity contribution is -0.192. The summed E-state index contributed by atoms with van der Waals surface area (Å²) in [5.41, 5.74) is -0.107. The number of rotatable bonds is 4. The number of nitrogens with zero attached hydrogens (tertiary/aromatic N) is 3. The van der Waals surface area contributed by atoms with Crippen molar-refractivity contribution >= 4 is 11.9 Å². The summed E-state index contributed by atoms with van der Waals surface area (Å²) in [6, 6.07) is 4.07. The van der Waals surface area contributed by atoms with E-state index in [9.17, 15) is 17.6 Å². The predicted molar refractivity (Wildman–Crippen MR) is 95.0 cm³/mol. The summed E-state index contributed by atoms with van der Waals surface area (Å²) in [6.07, 6.45) is 0.873. The number of carboxylic acids is 1. The number of alkyl halides is 3. The van der Waals surface area contributed by atoms with Crippen molar-refractivity contribution in [3.8, 4) is 0 Å². The van der Waals surface area contributed by atoms with Gasteiger partial charge in [-0.05, 0) is 18.6 Å². The Hall–Kier alpha value is -2.73. The molecule has 0 amide bonds. The van der Waals surface area contributed by atoms with Crippen LogP contribution in [0.2, 0.25) is 0 Å². The molecule has 2 fully saturated rings. The van der Waals surface area contributed by atoms with Crippen LogP contribution in [0.3, 0.4) is 0 Å². The molecule has 0 aromatic carbocycles. The van der Waals surface area contributed by atoms with Gasteiger partial charge in [-0.2, -0.15) is 13.2 Å². The van der Waals surface area contributed by atoms with Crippen LogP contribution in [0.4, 0.5) is 23.5 Å². The highest BCUT2D eigenvalue weighted by Gasteiger charge is 2.45. The zero-order valence-corrected chi connectivity index (χ0v) is 15.7. The number of hydrogen-bond acceptors (Lipinski definition) is 7. The Morgan fingerprint density at radius 2 is 2.07 bits per heavy atom. The van der Waals surface area contributed by atoms with Crippen LogP contribution in [0.5, 0.6) is 0 Å². The summed E-state index contributed by atoms with van der Waals surface area (Å²) in [6.45, 7) is 3.34. The summed E-state index contributed by atoms with van der Waals surface area (Å²) >= 11 is 0. The van der Waals surface area contributed by atoms with Crippen LogP contribution in [-0.4, -0.2) is 63.5 Å². The second-order valence-corrected chi connectivity index (χ2v) is 7.11. The van der Waals surface area contributed by atoms with E-state index in [-0.39, 0.29) is 11.6 Å². The highest BCUT2D eigenvalue weighted by Crippen LogP contribution is 2.36. The van der Waals surface area contributed by atoms with Crippen LogP contribution in [0, 0.1) is 5.82 Å². The largest absolute Gasteiger partial charge is 0.490 e. The van der Waals surface area contributed by atoms with Crippen LogP contribution in [0.1, 0.15) is 18.6 Å². The molecule has 2 aromatic heterocycles. The van der Waals surface area contributed by atoms with E-state index < -0.39 is 18.0 Å². The Morgan fingerprint density at radius 3 is 2.67 bits per heavy atom. The summed E-state index contributed by atoms with van der Waals surface area (Å²) in [5, 5.41) is 10.4. The van der Waals surface area contributed by atoms with E-state index in [1.807, 2.05) is 12.1 Å². The molecule has 2 atom stereocenters. The Morgan fingerprint density at radius 1 is 1.37 bits per heavy atom. The fourth-order valence-corrected chi connectivity index (χ4v) is 3.48. The molecule has 2 aliphatic heterocycles. The highest BCUT2D eigenvalue weighted by molar-refractivity contribution is 5.73. The number of aliphatic carboxylic acids is 1. The molecular weight excluding hydrogens is 412 g/mol. The number of carboxylic acid groups (broad SMARTS) is 1. The molecule has 2 N–H and O–H groups in total. The number of aromatic nitrogens is 2. The molecule has 0 bridgehead atoms. The summed E-state index contributed by atoms with van der Waals surface area (Å²) in [5.74, 6) is -1.76. The second kappa shape index (κ2) is 8.96. The summed E-state index contributed by atoms with van der Waals surface area (Å²) in [4.78, 5) is 19.1. The molecule has 30 heavy (non-hydrogen) atoms. The molecule has 4 heterocycles. The first-order valence-electron chi connectivity index (χ1n) is 9.08. The van der Waals surface area contributed by atoms with Gasteiger partial charge >= 0.3 is 12.1 Å². The minimum atomic E-state index is -5.08. The summed E-state index contributed by atoms with van der Waals surface area (Å²) < 4.78 is 56.1. The number of furan rings is 1. The number of nitrogens with one attached hydrogen (secondary N) is 1. The quantitative estimate of drug-likeness (QED) is 0.712. The maximum atomic E-state index is 12.8. The molecule has 2 aliphatic rings. The van der Waals surface area contributed by atoms with Gasteiger partial charge in [-0.3, -0.25) is 4.90 Å². The molecule has 0 saturated carbocycles. The van der Waals surface area contributed by atoms with Crippen molar-refractivity contribution in [1.82, 2.24) is 14.9 Å². The minimum absolute atomic E-state index is 0.107. The average Bonchev–Trinajstić information content (AvgIpc) is 3.41. The van der Waals surface area contributed by atoms with E-state index in [0.29, 0.717) is 12.6 Å². The number of anilines is 1. The maximum absolute atomic E-state index is 12.8. The van der Waals surface area contributed by atoms with Gasteiger partial charge < -0.3 is 19.6 Å². The van der Waals surface area contributed by atoms with Gasteiger partial charge in [0.15, 0.2) is 5.82 Å². The molecule has 0 radical (unpaired) electrons. The van der Waals surface area contributed by atoms with Crippen molar-refractivity contribution in [1.29, 1.82) is 0 Å². The predicted octanol–water partition coefficient (Wildman–Crippen LogP) is 2.69. The highest BCUT2D eigenvalue weighted by atomic mass is 19.4. The first-order chi connectivity index (χ1) is 14.2. The third kappa shape index (κ3) is 5.89. The van der Waals surface area contributed by atoms with Gasteiger partial charge in [-0.1, -0.05) is 0 Å². The van der Waals surface area contributed by atoms with E-state index in [4.69, 9.17) is 19.1 Å². The molecule has 2 aromatic rings. The van der Waals surface area contributed by atoms with Gasteiger partial charge in [0.25, 0.3) is 0 Å². The lowest BCUT2D eigenvalue weighted by atomic mass is 9.97. The molecule has 2 unspecified atom stereocenters. The number of carbonyl (C=O) groups is 1. The van der Waals surface area contributed by atoms with Crippen LogP contribution < -0.4 is 5.32 Å². The normalized spacial score (nSPS) is 23.9. The fraction of sp³-hybridized carbons (Fsp3) is 0.500. The van der Waals surface area contributed by atoms with Gasteiger partial charge in [-0.15, -0.1) is 0 Å². The van der Waals surface area contributed by atoms with E-state index in [1.54, 1.807) is 6.26 Å². The van der Waals surface area contributed by atoms with Crippen molar-refractivity contribution in [2.45, 2.75) is 37.2 Å². The Balaban J connectivity index is 0.000000318. The first-order valence-corrected chi connectivity index (χ1v) is 9.08. The van der Waals surface area contributed by atoms with E-state index in [0.717, 1.165) is 38.2 Å². The van der Waals surface area contributed by atoms with E-state index in [2.05, 4.69) is 20.2 Å². The zero-order valence-electron chi connectivity index (χ0n) is 15.7. The number of ether oxygens (including phenoxy) is 1. The lowest BCUT2D eigenvalue weighted by Crippen LogP contribution is -2.33. The minimum Gasteiger partial charge on any atom is -0.475 e. The van der Waals surface area contributed by atoms with Crippen molar-refractivity contribution in [3.63, 3.8) is 0 Å². The Bertz CT molecular complexity index is 832. The SMILES string of the molecule is Fc1cnc(NC2COC3(CCN(Cc4ccco4)C3)C2)nc1.O=C(O)C(F)(F)F. The maximum Gasteiger partial charge on any atom is 0.490 e. The van der Waals surface area contributed by atoms with Crippen molar-refractivity contribution in [2.24, 2.45) is 0 Å². The third-order valence-corrected chi connectivity index (χ3v) is 4.76. The molecule has 2 saturated heterocycles. The van der Waals surface area contributed by atoms with Crippen molar-refractivity contribution in [2.75, 3.05) is 25.0 Å². The molecule has 1 spiro atoms. The van der Waals surface area contributed by atoms with Crippen LogP contribution in [-0.2, 0) is 16.1 Å². The molecule has 4 rings (SSSR count). The molecule has 0 aliphatic carbocycles. The smallest absolute Gasteiger partial charge is 0.475 e. The number of halogens is 4. The molecular formula is C18H20F4N4O4. The molecule has 8 nitrogen and oxygen atoms in total. The number of likely N-dealkylation sites (tertiary alicyclic amines) is 1. The Labute approximate surface area is 168 Å². The van der Waals surface area contributed by atoms with Crippen LogP contribution in [0.15, 0.2) is 35.2 Å². The average molecular weight is 432 g/mol. The fourth-order valence-electron chi connectivity index (χ4n) is 3.48. The Kier molecular flexibility index (Phi) is 6.56. The van der Waals surface area contributed by atoms with Gasteiger partial charge in [-0.25, -0.2) is 19.2 Å². The topological polar surface area (TPSA) is 101 Å². The van der Waals surface area contributed by atoms with Crippen LogP contribution in [0.25, 0.3) is 0 Å². The summed E-state index contributed by atoms with van der Waals surface area (Å²) in [7, 11) is 0.